The van der Waals surface area contributed by atoms with Crippen molar-refractivity contribution in [2.45, 2.75) is 18.9 Å². The van der Waals surface area contributed by atoms with Gasteiger partial charge in [-0.3, -0.25) is 4.79 Å². The lowest BCUT2D eigenvalue weighted by atomic mass is 10.1. The first-order valence-corrected chi connectivity index (χ1v) is 7.30. The van der Waals surface area contributed by atoms with Crippen LogP contribution >= 0.6 is 11.6 Å². The van der Waals surface area contributed by atoms with Crippen LogP contribution in [0, 0.1) is 5.95 Å². The Kier molecular flexibility index (Phi) is 4.35. The Hall–Kier alpha value is -1.99. The third-order valence-corrected chi connectivity index (χ3v) is 3.73. The van der Waals surface area contributed by atoms with Crippen molar-refractivity contribution in [3.05, 3.63) is 39.7 Å². The molecule has 0 spiro atoms. The first-order valence-electron chi connectivity index (χ1n) is 6.92. The predicted molar refractivity (Wildman–Crippen MR) is 79.6 cm³/mol. The first-order chi connectivity index (χ1) is 10.6. The molecule has 2 aromatic heterocycles. The van der Waals surface area contributed by atoms with Gasteiger partial charge in [0, 0.05) is 17.8 Å². The van der Waals surface area contributed by atoms with Crippen LogP contribution in [0.5, 0.6) is 5.88 Å². The predicted octanol–water partition coefficient (Wildman–Crippen LogP) is 1.76. The average Bonchev–Trinajstić information content (AvgIpc) is 2.52. The summed E-state index contributed by atoms with van der Waals surface area (Å²) in [6.45, 7) is 1.68. The number of hydrogen-bond acceptors (Lipinski definition) is 5. The average molecular weight is 325 g/mol. The number of H-pyrrole nitrogens is 1. The summed E-state index contributed by atoms with van der Waals surface area (Å²) in [5.74, 6) is -0.389. The maximum Gasteiger partial charge on any atom is 0.273 e. The minimum absolute atomic E-state index is 0.0462. The topological polar surface area (TPSA) is 79.9 Å². The molecule has 8 heteroatoms. The Morgan fingerprint density at radius 2 is 2.14 bits per heavy atom. The zero-order valence-corrected chi connectivity index (χ0v) is 12.4. The summed E-state index contributed by atoms with van der Waals surface area (Å²) >= 11 is 5.97. The number of pyridine rings is 1. The molecule has 1 aliphatic rings. The summed E-state index contributed by atoms with van der Waals surface area (Å²) in [4.78, 5) is 22.1. The molecule has 0 aliphatic carbocycles. The van der Waals surface area contributed by atoms with Crippen LogP contribution in [0.3, 0.4) is 0 Å². The number of halogens is 2. The minimum atomic E-state index is -0.657. The van der Waals surface area contributed by atoms with Crippen LogP contribution in [0.4, 0.5) is 4.39 Å². The van der Waals surface area contributed by atoms with Crippen molar-refractivity contribution < 1.29 is 9.13 Å². The van der Waals surface area contributed by atoms with Crippen LogP contribution < -0.4 is 15.6 Å². The van der Waals surface area contributed by atoms with Gasteiger partial charge in [-0.25, -0.2) is 4.98 Å². The van der Waals surface area contributed by atoms with E-state index in [1.165, 1.54) is 12.3 Å². The van der Waals surface area contributed by atoms with E-state index in [2.05, 4.69) is 20.3 Å². The van der Waals surface area contributed by atoms with E-state index < -0.39 is 11.5 Å². The second-order valence-electron chi connectivity index (χ2n) is 4.97. The van der Waals surface area contributed by atoms with Gasteiger partial charge < -0.3 is 15.0 Å². The van der Waals surface area contributed by atoms with Crippen molar-refractivity contribution in [1.82, 2.24) is 20.3 Å². The van der Waals surface area contributed by atoms with Gasteiger partial charge in [0.2, 0.25) is 11.8 Å². The third-order valence-electron chi connectivity index (χ3n) is 3.40. The summed E-state index contributed by atoms with van der Waals surface area (Å²) in [7, 11) is 0. The molecular formula is C14H14ClFN4O2. The molecule has 0 unspecified atom stereocenters. The molecule has 0 radical (unpaired) electrons. The summed E-state index contributed by atoms with van der Waals surface area (Å²) in [6.07, 6.45) is 2.87. The van der Waals surface area contributed by atoms with Crippen molar-refractivity contribution in [3.63, 3.8) is 0 Å². The molecule has 2 aromatic rings. The highest BCUT2D eigenvalue weighted by Crippen LogP contribution is 2.24. The van der Waals surface area contributed by atoms with Crippen molar-refractivity contribution in [2.24, 2.45) is 0 Å². The molecule has 0 atom stereocenters. The van der Waals surface area contributed by atoms with E-state index in [0.29, 0.717) is 5.56 Å². The van der Waals surface area contributed by atoms with Gasteiger partial charge in [0.1, 0.15) is 11.9 Å². The van der Waals surface area contributed by atoms with Gasteiger partial charge in [0.15, 0.2) is 5.02 Å². The normalized spacial score (nSPS) is 15.7. The maximum absolute atomic E-state index is 13.2. The first kappa shape index (κ1) is 14.9. The molecule has 1 saturated heterocycles. The van der Waals surface area contributed by atoms with Crippen LogP contribution in [0.1, 0.15) is 12.8 Å². The summed E-state index contributed by atoms with van der Waals surface area (Å²) in [5, 5.41) is 3.12. The Morgan fingerprint density at radius 3 is 2.86 bits per heavy atom. The van der Waals surface area contributed by atoms with E-state index in [-0.39, 0.29) is 22.8 Å². The van der Waals surface area contributed by atoms with Crippen molar-refractivity contribution in [1.29, 1.82) is 0 Å². The number of nitrogens with zero attached hydrogens (tertiary/aromatic N) is 2. The molecular weight excluding hydrogens is 311 g/mol. The number of aromatic amines is 1. The van der Waals surface area contributed by atoms with Crippen LogP contribution in [0.25, 0.3) is 11.4 Å². The molecule has 1 fully saturated rings. The molecule has 22 heavy (non-hydrogen) atoms. The number of rotatable bonds is 3. The molecule has 3 heterocycles. The quantitative estimate of drug-likeness (QED) is 0.841. The van der Waals surface area contributed by atoms with Crippen LogP contribution in [-0.2, 0) is 0 Å². The number of ether oxygens (including phenoxy) is 1. The van der Waals surface area contributed by atoms with Gasteiger partial charge in [-0.05, 0) is 32.0 Å². The van der Waals surface area contributed by atoms with Crippen LogP contribution in [0.15, 0.2) is 23.1 Å². The minimum Gasteiger partial charge on any atom is -0.473 e. The Labute approximate surface area is 130 Å². The number of aromatic nitrogens is 3. The fraction of sp³-hybridized carbons (Fsp3) is 0.357. The summed E-state index contributed by atoms with van der Waals surface area (Å²) in [5.41, 5.74) is -0.121. The van der Waals surface area contributed by atoms with Gasteiger partial charge in [-0.2, -0.15) is 9.37 Å². The molecule has 0 amide bonds. The van der Waals surface area contributed by atoms with Gasteiger partial charge in [-0.1, -0.05) is 11.6 Å². The molecule has 0 aromatic carbocycles. The molecule has 0 saturated carbocycles. The maximum atomic E-state index is 13.2. The summed E-state index contributed by atoms with van der Waals surface area (Å²) < 4.78 is 19.0. The fourth-order valence-corrected chi connectivity index (χ4v) is 2.41. The third kappa shape index (κ3) is 3.26. The van der Waals surface area contributed by atoms with Crippen molar-refractivity contribution in [3.8, 4) is 17.3 Å². The van der Waals surface area contributed by atoms with E-state index in [0.717, 1.165) is 25.9 Å². The molecule has 116 valence electrons. The Bertz CT molecular complexity index is 731. The van der Waals surface area contributed by atoms with E-state index in [1.807, 2.05) is 0 Å². The summed E-state index contributed by atoms with van der Waals surface area (Å²) in [6, 6.07) is 2.73. The van der Waals surface area contributed by atoms with E-state index in [4.69, 9.17) is 16.3 Å². The van der Waals surface area contributed by atoms with Gasteiger partial charge in [-0.15, -0.1) is 0 Å². The molecule has 3 rings (SSSR count). The lowest BCUT2D eigenvalue weighted by Crippen LogP contribution is -2.34. The van der Waals surface area contributed by atoms with Crippen molar-refractivity contribution in [2.75, 3.05) is 13.1 Å². The Morgan fingerprint density at radius 1 is 1.36 bits per heavy atom. The lowest BCUT2D eigenvalue weighted by Gasteiger charge is -2.23. The van der Waals surface area contributed by atoms with Crippen LogP contribution in [0.2, 0.25) is 5.02 Å². The number of nitrogens with one attached hydrogen (secondary N) is 2. The van der Waals surface area contributed by atoms with E-state index in [1.54, 1.807) is 6.07 Å². The second-order valence-corrected chi connectivity index (χ2v) is 5.35. The highest BCUT2D eigenvalue weighted by atomic mass is 35.5. The van der Waals surface area contributed by atoms with Gasteiger partial charge >= 0.3 is 0 Å². The second kappa shape index (κ2) is 6.41. The van der Waals surface area contributed by atoms with Gasteiger partial charge in [0.25, 0.3) is 5.56 Å². The largest absolute Gasteiger partial charge is 0.473 e. The molecule has 2 N–H and O–H groups in total. The standard InChI is InChI=1S/C14H14ClFN4O2/c15-11-13(21)19-12(8-1-6-18-10(16)7-8)20-14(11)22-9-2-4-17-5-3-9/h1,6-7,9,17H,2-5H2,(H,19,20,21). The van der Waals surface area contributed by atoms with Crippen molar-refractivity contribution >= 4 is 11.6 Å². The zero-order chi connectivity index (χ0) is 15.5. The zero-order valence-electron chi connectivity index (χ0n) is 11.6. The number of hydrogen-bond donors (Lipinski definition) is 2. The SMILES string of the molecule is O=c1[nH]c(-c2ccnc(F)c2)nc(OC2CCNCC2)c1Cl. The molecule has 0 bridgehead atoms. The van der Waals surface area contributed by atoms with E-state index in [9.17, 15) is 9.18 Å². The molecule has 1 aliphatic heterocycles. The van der Waals surface area contributed by atoms with E-state index >= 15 is 0 Å². The fourth-order valence-electron chi connectivity index (χ4n) is 2.27. The monoisotopic (exact) mass is 324 g/mol. The highest BCUT2D eigenvalue weighted by molar-refractivity contribution is 6.31. The smallest absolute Gasteiger partial charge is 0.273 e. The number of piperidine rings is 1. The Balaban J connectivity index is 1.94. The highest BCUT2D eigenvalue weighted by Gasteiger charge is 2.19. The lowest BCUT2D eigenvalue weighted by molar-refractivity contribution is 0.156. The van der Waals surface area contributed by atoms with Crippen LogP contribution in [-0.4, -0.2) is 34.1 Å². The molecule has 6 nitrogen and oxygen atoms in total. The van der Waals surface area contributed by atoms with Gasteiger partial charge in [0.05, 0.1) is 0 Å².